The van der Waals surface area contributed by atoms with Crippen LogP contribution in [0, 0.1) is 0 Å². The van der Waals surface area contributed by atoms with E-state index in [1.54, 1.807) is 18.4 Å². The largest absolute Gasteiger partial charge is 0.383 e. The molecule has 0 amide bonds. The van der Waals surface area contributed by atoms with Crippen molar-refractivity contribution in [2.75, 3.05) is 19.0 Å². The molecule has 20 heavy (non-hydrogen) atoms. The Balaban J connectivity index is 1.65. The van der Waals surface area contributed by atoms with Crippen molar-refractivity contribution in [2.24, 2.45) is 0 Å². The van der Waals surface area contributed by atoms with Crippen LogP contribution in [-0.4, -0.2) is 23.5 Å². The van der Waals surface area contributed by atoms with Gasteiger partial charge in [0.2, 0.25) is 0 Å². The van der Waals surface area contributed by atoms with Crippen LogP contribution in [0.25, 0.3) is 10.1 Å². The number of ether oxygens (including phenoxy) is 1. The van der Waals surface area contributed by atoms with Gasteiger partial charge < -0.3 is 10.1 Å². The molecule has 1 N–H and O–H groups in total. The van der Waals surface area contributed by atoms with E-state index in [1.807, 2.05) is 17.1 Å². The Kier molecular flexibility index (Phi) is 3.99. The van der Waals surface area contributed by atoms with Crippen molar-refractivity contribution in [3.05, 3.63) is 47.6 Å². The Morgan fingerprint density at radius 2 is 2.25 bits per heavy atom. The quantitative estimate of drug-likeness (QED) is 0.755. The van der Waals surface area contributed by atoms with E-state index in [1.165, 1.54) is 15.6 Å². The molecule has 0 unspecified atom stereocenters. The van der Waals surface area contributed by atoms with Crippen LogP contribution in [0.1, 0.15) is 5.56 Å². The van der Waals surface area contributed by atoms with Crippen LogP contribution in [0.15, 0.2) is 42.0 Å². The second kappa shape index (κ2) is 6.07. The van der Waals surface area contributed by atoms with Gasteiger partial charge in [-0.05, 0) is 22.4 Å². The van der Waals surface area contributed by atoms with Gasteiger partial charge in [-0.1, -0.05) is 18.2 Å². The molecule has 0 fully saturated rings. The van der Waals surface area contributed by atoms with Gasteiger partial charge in [-0.15, -0.1) is 11.3 Å². The van der Waals surface area contributed by atoms with Gasteiger partial charge in [0.15, 0.2) is 0 Å². The van der Waals surface area contributed by atoms with Crippen LogP contribution in [0.2, 0.25) is 0 Å². The topological polar surface area (TPSA) is 39.1 Å². The lowest BCUT2D eigenvalue weighted by Crippen LogP contribution is -2.04. The molecule has 0 spiro atoms. The molecule has 0 saturated heterocycles. The summed E-state index contributed by atoms with van der Waals surface area (Å²) in [5.41, 5.74) is 2.37. The third-order valence-electron chi connectivity index (χ3n) is 3.20. The highest BCUT2D eigenvalue weighted by Crippen LogP contribution is 2.26. The number of fused-ring (bicyclic) bond motifs is 1. The fraction of sp³-hybridized carbons (Fsp3) is 0.267. The summed E-state index contributed by atoms with van der Waals surface area (Å²) in [6, 6.07) is 8.49. The summed E-state index contributed by atoms with van der Waals surface area (Å²) < 4.78 is 8.26. The number of hydrogen-bond donors (Lipinski definition) is 1. The first-order chi connectivity index (χ1) is 9.86. The highest BCUT2D eigenvalue weighted by molar-refractivity contribution is 7.17. The fourth-order valence-corrected chi connectivity index (χ4v) is 3.09. The molecule has 0 aliphatic heterocycles. The first kappa shape index (κ1) is 13.1. The summed E-state index contributed by atoms with van der Waals surface area (Å²) in [5.74, 6) is 0. The van der Waals surface area contributed by atoms with Crippen molar-refractivity contribution >= 4 is 27.1 Å². The number of nitrogens with one attached hydrogen (secondary N) is 1. The van der Waals surface area contributed by atoms with Crippen molar-refractivity contribution < 1.29 is 4.74 Å². The summed E-state index contributed by atoms with van der Waals surface area (Å²) >= 11 is 1.79. The summed E-state index contributed by atoms with van der Waals surface area (Å²) in [6.07, 6.45) is 3.86. The van der Waals surface area contributed by atoms with E-state index >= 15 is 0 Å². The lowest BCUT2D eigenvalue weighted by atomic mass is 10.2. The lowest BCUT2D eigenvalue weighted by Gasteiger charge is -2.02. The van der Waals surface area contributed by atoms with E-state index in [2.05, 4.69) is 40.1 Å². The average Bonchev–Trinajstić information content (AvgIpc) is 3.10. The minimum atomic E-state index is 0.677. The van der Waals surface area contributed by atoms with Crippen LogP contribution in [0.3, 0.4) is 0 Å². The number of rotatable bonds is 6. The molecule has 104 valence electrons. The Morgan fingerprint density at radius 3 is 3.15 bits per heavy atom. The lowest BCUT2D eigenvalue weighted by molar-refractivity contribution is 0.183. The SMILES string of the molecule is COCCn1cc(NCc2csc3ccccc23)cn1. The molecule has 0 saturated carbocycles. The van der Waals surface area contributed by atoms with Crippen molar-refractivity contribution in [1.82, 2.24) is 9.78 Å². The Morgan fingerprint density at radius 1 is 1.35 bits per heavy atom. The highest BCUT2D eigenvalue weighted by atomic mass is 32.1. The molecule has 2 aromatic heterocycles. The third-order valence-corrected chi connectivity index (χ3v) is 4.21. The molecule has 2 heterocycles. The summed E-state index contributed by atoms with van der Waals surface area (Å²) in [7, 11) is 1.70. The molecule has 0 aliphatic carbocycles. The fourth-order valence-electron chi connectivity index (χ4n) is 2.13. The maximum atomic E-state index is 5.04. The number of methoxy groups -OCH3 is 1. The molecule has 3 aromatic rings. The molecule has 1 aromatic carbocycles. The normalized spacial score (nSPS) is 11.1. The standard InChI is InChI=1S/C15H17N3OS/c1-19-7-6-18-10-13(9-17-18)16-8-12-11-20-15-5-3-2-4-14(12)15/h2-5,9-11,16H,6-8H2,1H3. The summed E-state index contributed by atoms with van der Waals surface area (Å²) in [6.45, 7) is 2.27. The van der Waals surface area contributed by atoms with Crippen LogP contribution < -0.4 is 5.32 Å². The molecule has 0 aliphatic rings. The number of hydrogen-bond acceptors (Lipinski definition) is 4. The molecule has 0 atom stereocenters. The first-order valence-corrected chi connectivity index (χ1v) is 7.45. The van der Waals surface area contributed by atoms with Gasteiger partial charge in [0.1, 0.15) is 0 Å². The summed E-state index contributed by atoms with van der Waals surface area (Å²) in [5, 5.41) is 11.3. The van der Waals surface area contributed by atoms with Gasteiger partial charge in [0.25, 0.3) is 0 Å². The maximum absolute atomic E-state index is 5.04. The Bertz CT molecular complexity index is 689. The third kappa shape index (κ3) is 2.84. The smallest absolute Gasteiger partial charge is 0.0729 e. The van der Waals surface area contributed by atoms with Gasteiger partial charge in [0, 0.05) is 24.6 Å². The molecule has 0 bridgehead atoms. The number of benzene rings is 1. The van der Waals surface area contributed by atoms with Gasteiger partial charge in [-0.25, -0.2) is 0 Å². The zero-order chi connectivity index (χ0) is 13.8. The monoisotopic (exact) mass is 287 g/mol. The van der Waals surface area contributed by atoms with E-state index in [4.69, 9.17) is 4.74 Å². The van der Waals surface area contributed by atoms with Gasteiger partial charge in [-0.2, -0.15) is 5.10 Å². The van der Waals surface area contributed by atoms with Crippen LogP contribution >= 0.6 is 11.3 Å². The molecule has 0 radical (unpaired) electrons. The number of aromatic nitrogens is 2. The Labute approximate surface area is 122 Å². The first-order valence-electron chi connectivity index (χ1n) is 6.57. The number of nitrogens with zero attached hydrogens (tertiary/aromatic N) is 2. The summed E-state index contributed by atoms with van der Waals surface area (Å²) in [4.78, 5) is 0. The highest BCUT2D eigenvalue weighted by Gasteiger charge is 2.04. The minimum Gasteiger partial charge on any atom is -0.383 e. The maximum Gasteiger partial charge on any atom is 0.0729 e. The molecule has 4 nitrogen and oxygen atoms in total. The zero-order valence-corrected chi connectivity index (χ0v) is 12.2. The predicted molar refractivity (Wildman–Crippen MR) is 83.3 cm³/mol. The van der Waals surface area contributed by atoms with E-state index in [9.17, 15) is 0 Å². The second-order valence-corrected chi connectivity index (χ2v) is 5.51. The molecule has 5 heteroatoms. The zero-order valence-electron chi connectivity index (χ0n) is 11.4. The van der Waals surface area contributed by atoms with Gasteiger partial charge in [0.05, 0.1) is 25.0 Å². The predicted octanol–water partition coefficient (Wildman–Crippen LogP) is 3.36. The molecular weight excluding hydrogens is 270 g/mol. The van der Waals surface area contributed by atoms with Crippen molar-refractivity contribution in [3.8, 4) is 0 Å². The Hall–Kier alpha value is -1.85. The number of thiophene rings is 1. The minimum absolute atomic E-state index is 0.677. The molecule has 3 rings (SSSR count). The van der Waals surface area contributed by atoms with Gasteiger partial charge in [-0.3, -0.25) is 4.68 Å². The second-order valence-electron chi connectivity index (χ2n) is 4.60. The molecular formula is C15H17N3OS. The van der Waals surface area contributed by atoms with E-state index in [-0.39, 0.29) is 0 Å². The van der Waals surface area contributed by atoms with E-state index in [0.717, 1.165) is 18.8 Å². The number of anilines is 1. The van der Waals surface area contributed by atoms with Crippen molar-refractivity contribution in [2.45, 2.75) is 13.1 Å². The van der Waals surface area contributed by atoms with Crippen LogP contribution in [0.4, 0.5) is 5.69 Å². The van der Waals surface area contributed by atoms with Crippen molar-refractivity contribution in [1.29, 1.82) is 0 Å². The van der Waals surface area contributed by atoms with Crippen LogP contribution in [0.5, 0.6) is 0 Å². The van der Waals surface area contributed by atoms with Gasteiger partial charge >= 0.3 is 0 Å². The van der Waals surface area contributed by atoms with Crippen molar-refractivity contribution in [3.63, 3.8) is 0 Å². The van der Waals surface area contributed by atoms with E-state index in [0.29, 0.717) is 6.61 Å². The van der Waals surface area contributed by atoms with Crippen LogP contribution in [-0.2, 0) is 17.8 Å². The average molecular weight is 287 g/mol. The van der Waals surface area contributed by atoms with E-state index < -0.39 is 0 Å².